The van der Waals surface area contributed by atoms with Crippen molar-refractivity contribution in [1.82, 2.24) is 14.8 Å². The van der Waals surface area contributed by atoms with Gasteiger partial charge in [-0.3, -0.25) is 0 Å². The SMILES string of the molecule is O=S1(=O)CCC(Cc2nnc3n2CCCC3O)CC1. The lowest BCUT2D eigenvalue weighted by molar-refractivity contribution is 0.132. The van der Waals surface area contributed by atoms with Gasteiger partial charge in [-0.05, 0) is 31.6 Å². The molecule has 1 unspecified atom stereocenters. The summed E-state index contributed by atoms with van der Waals surface area (Å²) in [5, 5.41) is 18.1. The van der Waals surface area contributed by atoms with Gasteiger partial charge in [0.15, 0.2) is 5.82 Å². The van der Waals surface area contributed by atoms with E-state index in [0.717, 1.165) is 31.6 Å². The monoisotopic (exact) mass is 285 g/mol. The van der Waals surface area contributed by atoms with Crippen LogP contribution in [0.15, 0.2) is 0 Å². The van der Waals surface area contributed by atoms with Gasteiger partial charge in [0, 0.05) is 13.0 Å². The minimum atomic E-state index is -2.80. The summed E-state index contributed by atoms with van der Waals surface area (Å²) in [4.78, 5) is 0. The van der Waals surface area contributed by atoms with Gasteiger partial charge in [0.05, 0.1) is 11.5 Å². The highest BCUT2D eigenvalue weighted by molar-refractivity contribution is 7.91. The van der Waals surface area contributed by atoms with Crippen LogP contribution < -0.4 is 0 Å². The Balaban J connectivity index is 1.71. The average molecular weight is 285 g/mol. The number of rotatable bonds is 2. The van der Waals surface area contributed by atoms with Crippen LogP contribution in [0.1, 0.15) is 43.4 Å². The smallest absolute Gasteiger partial charge is 0.161 e. The Kier molecular flexibility index (Phi) is 3.34. The summed E-state index contributed by atoms with van der Waals surface area (Å²) in [5.74, 6) is 2.53. The van der Waals surface area contributed by atoms with Crippen molar-refractivity contribution in [2.75, 3.05) is 11.5 Å². The van der Waals surface area contributed by atoms with Gasteiger partial charge in [-0.1, -0.05) is 0 Å². The van der Waals surface area contributed by atoms with Crippen LogP contribution in [0, 0.1) is 5.92 Å². The van der Waals surface area contributed by atoms with Crippen molar-refractivity contribution in [1.29, 1.82) is 0 Å². The highest BCUT2D eigenvalue weighted by Crippen LogP contribution is 2.27. The van der Waals surface area contributed by atoms with Crippen LogP contribution in [0.3, 0.4) is 0 Å². The number of fused-ring (bicyclic) bond motifs is 1. The van der Waals surface area contributed by atoms with Crippen LogP contribution >= 0.6 is 0 Å². The molecule has 6 nitrogen and oxygen atoms in total. The van der Waals surface area contributed by atoms with Gasteiger partial charge in [0.2, 0.25) is 0 Å². The summed E-state index contributed by atoms with van der Waals surface area (Å²) in [6.45, 7) is 0.861. The normalized spacial score (nSPS) is 27.1. The van der Waals surface area contributed by atoms with E-state index in [1.165, 1.54) is 0 Å². The Hall–Kier alpha value is -0.950. The molecule has 19 heavy (non-hydrogen) atoms. The molecule has 0 saturated carbocycles. The van der Waals surface area contributed by atoms with Crippen LogP contribution in [-0.4, -0.2) is 39.8 Å². The molecule has 0 radical (unpaired) electrons. The first-order valence-corrected chi connectivity index (χ1v) is 8.68. The van der Waals surface area contributed by atoms with Crippen LogP contribution in [0.25, 0.3) is 0 Å². The Morgan fingerprint density at radius 1 is 1.21 bits per heavy atom. The van der Waals surface area contributed by atoms with E-state index in [1.54, 1.807) is 0 Å². The third-order valence-corrected chi connectivity index (χ3v) is 5.87. The predicted molar refractivity (Wildman–Crippen MR) is 69.3 cm³/mol. The van der Waals surface area contributed by atoms with E-state index < -0.39 is 15.9 Å². The third kappa shape index (κ3) is 2.67. The average Bonchev–Trinajstić information content (AvgIpc) is 2.77. The molecule has 0 aromatic carbocycles. The molecular formula is C12H19N3O3S. The lowest BCUT2D eigenvalue weighted by Gasteiger charge is -2.23. The molecule has 1 aromatic rings. The fourth-order valence-electron chi connectivity index (χ4n) is 2.96. The van der Waals surface area contributed by atoms with E-state index in [1.807, 2.05) is 4.57 Å². The summed E-state index contributed by atoms with van der Waals surface area (Å²) >= 11 is 0. The van der Waals surface area contributed by atoms with Gasteiger partial charge in [-0.15, -0.1) is 10.2 Å². The number of hydrogen-bond acceptors (Lipinski definition) is 5. The van der Waals surface area contributed by atoms with Gasteiger partial charge >= 0.3 is 0 Å². The number of nitrogens with zero attached hydrogens (tertiary/aromatic N) is 3. The maximum Gasteiger partial charge on any atom is 0.161 e. The number of sulfone groups is 1. The number of aliphatic hydroxyl groups excluding tert-OH is 1. The number of hydrogen-bond donors (Lipinski definition) is 1. The van der Waals surface area contributed by atoms with Gasteiger partial charge in [-0.2, -0.15) is 0 Å². The van der Waals surface area contributed by atoms with Crippen molar-refractivity contribution in [2.45, 2.75) is 44.8 Å². The van der Waals surface area contributed by atoms with Crippen LogP contribution in [0.2, 0.25) is 0 Å². The van der Waals surface area contributed by atoms with Gasteiger partial charge in [-0.25, -0.2) is 8.42 Å². The van der Waals surface area contributed by atoms with Crippen molar-refractivity contribution >= 4 is 9.84 Å². The zero-order chi connectivity index (χ0) is 13.5. The van der Waals surface area contributed by atoms with Crippen molar-refractivity contribution in [3.63, 3.8) is 0 Å². The minimum absolute atomic E-state index is 0.293. The van der Waals surface area contributed by atoms with E-state index in [9.17, 15) is 13.5 Å². The summed E-state index contributed by atoms with van der Waals surface area (Å²) in [6.07, 6.45) is 3.40. The molecule has 3 rings (SSSR count). The van der Waals surface area contributed by atoms with Crippen molar-refractivity contribution in [2.24, 2.45) is 5.92 Å². The van der Waals surface area contributed by atoms with Crippen molar-refractivity contribution < 1.29 is 13.5 Å². The Bertz CT molecular complexity index is 553. The van der Waals surface area contributed by atoms with Gasteiger partial charge in [0.1, 0.15) is 21.8 Å². The van der Waals surface area contributed by atoms with Crippen LogP contribution in [0.5, 0.6) is 0 Å². The molecule has 106 valence electrons. The van der Waals surface area contributed by atoms with Gasteiger partial charge in [0.25, 0.3) is 0 Å². The molecule has 2 aliphatic heterocycles. The molecule has 3 heterocycles. The Labute approximate surface area is 112 Å². The minimum Gasteiger partial charge on any atom is -0.385 e. The maximum absolute atomic E-state index is 11.4. The highest BCUT2D eigenvalue weighted by atomic mass is 32.2. The van der Waals surface area contributed by atoms with E-state index in [0.29, 0.717) is 36.1 Å². The lowest BCUT2D eigenvalue weighted by Crippen LogP contribution is -2.26. The molecular weight excluding hydrogens is 266 g/mol. The number of aliphatic hydroxyl groups is 1. The molecule has 1 aromatic heterocycles. The highest BCUT2D eigenvalue weighted by Gasteiger charge is 2.28. The predicted octanol–water partition coefficient (Wildman–Crippen LogP) is 0.473. The largest absolute Gasteiger partial charge is 0.385 e. The van der Waals surface area contributed by atoms with E-state index in [2.05, 4.69) is 10.2 Å². The number of aromatic nitrogens is 3. The molecule has 0 spiro atoms. The second kappa shape index (κ2) is 4.86. The molecule has 1 fully saturated rings. The lowest BCUT2D eigenvalue weighted by atomic mass is 9.98. The second-order valence-electron chi connectivity index (χ2n) is 5.58. The fourth-order valence-corrected chi connectivity index (χ4v) is 4.55. The first-order valence-electron chi connectivity index (χ1n) is 6.85. The quantitative estimate of drug-likeness (QED) is 0.854. The molecule has 1 N–H and O–H groups in total. The zero-order valence-electron chi connectivity index (χ0n) is 10.8. The molecule has 1 saturated heterocycles. The summed E-state index contributed by atoms with van der Waals surface area (Å²) in [7, 11) is -2.80. The molecule has 7 heteroatoms. The van der Waals surface area contributed by atoms with Crippen molar-refractivity contribution in [3.05, 3.63) is 11.6 Å². The zero-order valence-corrected chi connectivity index (χ0v) is 11.6. The Morgan fingerprint density at radius 2 is 1.95 bits per heavy atom. The maximum atomic E-state index is 11.4. The van der Waals surface area contributed by atoms with E-state index >= 15 is 0 Å². The first-order chi connectivity index (χ1) is 9.05. The molecule has 0 aliphatic carbocycles. The summed E-state index contributed by atoms with van der Waals surface area (Å²) < 4.78 is 24.8. The molecule has 2 aliphatic rings. The first kappa shape index (κ1) is 13.1. The van der Waals surface area contributed by atoms with Crippen molar-refractivity contribution in [3.8, 4) is 0 Å². The molecule has 0 bridgehead atoms. The Morgan fingerprint density at radius 3 is 2.68 bits per heavy atom. The second-order valence-corrected chi connectivity index (χ2v) is 7.89. The fraction of sp³-hybridized carbons (Fsp3) is 0.833. The summed E-state index contributed by atoms with van der Waals surface area (Å²) in [5.41, 5.74) is 0. The van der Waals surface area contributed by atoms with Crippen LogP contribution in [0.4, 0.5) is 0 Å². The van der Waals surface area contributed by atoms with Gasteiger partial charge < -0.3 is 9.67 Å². The molecule has 0 amide bonds. The third-order valence-electron chi connectivity index (χ3n) is 4.16. The molecule has 1 atom stereocenters. The topological polar surface area (TPSA) is 85.1 Å². The van der Waals surface area contributed by atoms with E-state index in [4.69, 9.17) is 0 Å². The summed E-state index contributed by atoms with van der Waals surface area (Å²) in [6, 6.07) is 0. The standard InChI is InChI=1S/C12H19N3O3S/c16-10-2-1-5-15-11(13-14-12(10)15)8-9-3-6-19(17,18)7-4-9/h9-10,16H,1-8H2. The van der Waals surface area contributed by atoms with Crippen LogP contribution in [-0.2, 0) is 22.8 Å². The van der Waals surface area contributed by atoms with E-state index in [-0.39, 0.29) is 0 Å².